The smallest absolute Gasteiger partial charge is 0.0743 e. The Morgan fingerprint density at radius 3 is 2.92 bits per heavy atom. The van der Waals surface area contributed by atoms with Crippen LogP contribution in [0.1, 0.15) is 26.7 Å². The van der Waals surface area contributed by atoms with Crippen molar-refractivity contribution >= 4 is 0 Å². The Hall–Kier alpha value is -0.120. The van der Waals surface area contributed by atoms with Crippen LogP contribution in [-0.2, 0) is 0 Å². The minimum atomic E-state index is 0.611. The first-order valence-corrected chi connectivity index (χ1v) is 5.01. The van der Waals surface area contributed by atoms with E-state index >= 15 is 0 Å². The number of rotatable bonds is 1. The Balaban J connectivity index is 1.92. The topological polar surface area (TPSA) is 27.3 Å². The molecule has 2 saturated heterocycles. The molecule has 2 rings (SSSR count). The molecule has 0 amide bonds. The van der Waals surface area contributed by atoms with Gasteiger partial charge in [0, 0.05) is 6.54 Å². The molecule has 0 aromatic heterocycles. The monoisotopic (exact) mass is 169 g/mol. The molecule has 0 aromatic carbocycles. The average Bonchev–Trinajstić information content (AvgIpc) is 2.49. The van der Waals surface area contributed by atoms with E-state index < -0.39 is 0 Å². The third-order valence-electron chi connectivity index (χ3n) is 3.18. The molecule has 12 heavy (non-hydrogen) atoms. The molecule has 0 saturated carbocycles. The Morgan fingerprint density at radius 2 is 2.17 bits per heavy atom. The molecule has 0 aromatic rings. The average molecular weight is 169 g/mol. The fraction of sp³-hybridized carbons (Fsp3) is 1.00. The minimum absolute atomic E-state index is 0.611. The summed E-state index contributed by atoms with van der Waals surface area (Å²) in [5.74, 6) is 1.71. The van der Waals surface area contributed by atoms with E-state index in [0.29, 0.717) is 6.17 Å². The summed E-state index contributed by atoms with van der Waals surface area (Å²) >= 11 is 0. The Bertz CT molecular complexity index is 158. The van der Waals surface area contributed by atoms with Crippen molar-refractivity contribution < 1.29 is 0 Å². The van der Waals surface area contributed by atoms with Gasteiger partial charge in [-0.1, -0.05) is 13.8 Å². The lowest BCUT2D eigenvalue weighted by Gasteiger charge is -2.35. The van der Waals surface area contributed by atoms with Crippen molar-refractivity contribution in [1.29, 1.82) is 0 Å². The van der Waals surface area contributed by atoms with Crippen LogP contribution in [0.3, 0.4) is 0 Å². The molecule has 2 N–H and O–H groups in total. The lowest BCUT2D eigenvalue weighted by Crippen LogP contribution is -2.47. The van der Waals surface area contributed by atoms with Crippen LogP contribution >= 0.6 is 0 Å². The van der Waals surface area contributed by atoms with E-state index in [2.05, 4.69) is 29.6 Å². The highest BCUT2D eigenvalue weighted by Crippen LogP contribution is 2.26. The Morgan fingerprint density at radius 1 is 1.33 bits per heavy atom. The van der Waals surface area contributed by atoms with Crippen LogP contribution in [0.4, 0.5) is 0 Å². The van der Waals surface area contributed by atoms with Crippen molar-refractivity contribution in [3.8, 4) is 0 Å². The molecule has 2 unspecified atom stereocenters. The molecule has 2 aliphatic rings. The van der Waals surface area contributed by atoms with Crippen LogP contribution in [0.5, 0.6) is 0 Å². The molecule has 0 aliphatic carbocycles. The fourth-order valence-electron chi connectivity index (χ4n) is 2.20. The third kappa shape index (κ3) is 1.49. The van der Waals surface area contributed by atoms with Gasteiger partial charge in [-0.3, -0.25) is 5.32 Å². The maximum Gasteiger partial charge on any atom is 0.0743 e. The van der Waals surface area contributed by atoms with Gasteiger partial charge in [0.15, 0.2) is 0 Å². The number of hydrogen-bond donors (Lipinski definition) is 2. The maximum atomic E-state index is 3.43. The Labute approximate surface area is 74.5 Å². The predicted octanol–water partition coefficient (Wildman–Crippen LogP) is 0.746. The molecule has 3 nitrogen and oxygen atoms in total. The first-order chi connectivity index (χ1) is 5.77. The second-order valence-electron chi connectivity index (χ2n) is 4.29. The zero-order valence-corrected chi connectivity index (χ0v) is 8.01. The van der Waals surface area contributed by atoms with Crippen LogP contribution in [0, 0.1) is 11.8 Å². The van der Waals surface area contributed by atoms with Crippen LogP contribution < -0.4 is 10.7 Å². The van der Waals surface area contributed by atoms with E-state index in [0.717, 1.165) is 18.5 Å². The minimum Gasteiger partial charge on any atom is -0.287 e. The molecular weight excluding hydrogens is 150 g/mol. The van der Waals surface area contributed by atoms with Gasteiger partial charge in [-0.15, -0.1) is 0 Å². The second-order valence-corrected chi connectivity index (χ2v) is 4.29. The quantitative estimate of drug-likeness (QED) is 0.606. The molecule has 2 atom stereocenters. The van der Waals surface area contributed by atoms with Crippen molar-refractivity contribution in [2.24, 2.45) is 11.8 Å². The van der Waals surface area contributed by atoms with Gasteiger partial charge in [0.2, 0.25) is 0 Å². The van der Waals surface area contributed by atoms with Crippen molar-refractivity contribution in [2.45, 2.75) is 32.9 Å². The molecule has 2 heterocycles. The van der Waals surface area contributed by atoms with Crippen LogP contribution in [0.25, 0.3) is 0 Å². The maximum absolute atomic E-state index is 3.43. The largest absolute Gasteiger partial charge is 0.287 e. The van der Waals surface area contributed by atoms with E-state index in [1.807, 2.05) is 0 Å². The van der Waals surface area contributed by atoms with E-state index in [1.165, 1.54) is 19.4 Å². The lowest BCUT2D eigenvalue weighted by atomic mass is 9.87. The molecule has 3 heteroatoms. The number of nitrogens with zero attached hydrogens (tertiary/aromatic N) is 1. The fourth-order valence-corrected chi connectivity index (χ4v) is 2.20. The summed E-state index contributed by atoms with van der Waals surface area (Å²) < 4.78 is 0. The second kappa shape index (κ2) is 3.32. The molecular formula is C9H19N3. The zero-order valence-electron chi connectivity index (χ0n) is 8.01. The first kappa shape index (κ1) is 8.48. The van der Waals surface area contributed by atoms with E-state index in [9.17, 15) is 0 Å². The normalized spacial score (nSPS) is 37.2. The van der Waals surface area contributed by atoms with Crippen molar-refractivity contribution in [3.05, 3.63) is 0 Å². The molecule has 2 aliphatic heterocycles. The van der Waals surface area contributed by atoms with E-state index in [-0.39, 0.29) is 0 Å². The third-order valence-corrected chi connectivity index (χ3v) is 3.18. The lowest BCUT2D eigenvalue weighted by molar-refractivity contribution is 0.0771. The van der Waals surface area contributed by atoms with Crippen LogP contribution in [0.2, 0.25) is 0 Å². The highest BCUT2D eigenvalue weighted by molar-refractivity contribution is 4.82. The highest BCUT2D eigenvalue weighted by Gasteiger charge is 2.32. The van der Waals surface area contributed by atoms with E-state index in [1.54, 1.807) is 0 Å². The van der Waals surface area contributed by atoms with Gasteiger partial charge >= 0.3 is 0 Å². The summed E-state index contributed by atoms with van der Waals surface area (Å²) in [4.78, 5) is 0. The summed E-state index contributed by atoms with van der Waals surface area (Å²) in [6.45, 7) is 6.83. The number of nitrogens with one attached hydrogen (secondary N) is 2. The van der Waals surface area contributed by atoms with Gasteiger partial charge in [-0.05, 0) is 24.7 Å². The number of piperidine rings is 1. The number of hydrazine groups is 1. The molecule has 0 radical (unpaired) electrons. The molecule has 2 fully saturated rings. The zero-order chi connectivity index (χ0) is 8.55. The summed E-state index contributed by atoms with van der Waals surface area (Å²) in [7, 11) is 0. The van der Waals surface area contributed by atoms with Crippen LogP contribution in [0.15, 0.2) is 0 Å². The number of fused-ring (bicyclic) bond motifs is 1. The summed E-state index contributed by atoms with van der Waals surface area (Å²) in [6.07, 6.45) is 3.30. The van der Waals surface area contributed by atoms with Crippen molar-refractivity contribution in [2.75, 3.05) is 13.2 Å². The van der Waals surface area contributed by atoms with Crippen LogP contribution in [-0.4, -0.2) is 24.4 Å². The van der Waals surface area contributed by atoms with Gasteiger partial charge in [-0.2, -0.15) is 0 Å². The molecule has 70 valence electrons. The predicted molar refractivity (Wildman–Crippen MR) is 49.2 cm³/mol. The van der Waals surface area contributed by atoms with Gasteiger partial charge in [0.1, 0.15) is 0 Å². The summed E-state index contributed by atoms with van der Waals surface area (Å²) in [5, 5.41) is 5.80. The standard InChI is InChI=1S/C9H19N3/c1-7(2)8-3-4-9-10-6-11-12(9)5-8/h7-11H,3-6H2,1-2H3. The summed E-state index contributed by atoms with van der Waals surface area (Å²) in [6, 6.07) is 0. The molecule has 0 bridgehead atoms. The summed E-state index contributed by atoms with van der Waals surface area (Å²) in [5.41, 5.74) is 3.37. The first-order valence-electron chi connectivity index (χ1n) is 5.01. The highest BCUT2D eigenvalue weighted by atomic mass is 15.6. The number of hydrogen-bond acceptors (Lipinski definition) is 3. The van der Waals surface area contributed by atoms with Gasteiger partial charge in [0.25, 0.3) is 0 Å². The van der Waals surface area contributed by atoms with Gasteiger partial charge in [0.05, 0.1) is 12.8 Å². The Kier molecular flexibility index (Phi) is 2.35. The van der Waals surface area contributed by atoms with Crippen molar-refractivity contribution in [1.82, 2.24) is 15.8 Å². The van der Waals surface area contributed by atoms with Gasteiger partial charge in [-0.25, -0.2) is 10.4 Å². The van der Waals surface area contributed by atoms with Gasteiger partial charge < -0.3 is 0 Å². The SMILES string of the molecule is CC(C)C1CCC2NCNN2C1. The molecule has 0 spiro atoms. The van der Waals surface area contributed by atoms with E-state index in [4.69, 9.17) is 0 Å². The van der Waals surface area contributed by atoms with Crippen molar-refractivity contribution in [3.63, 3.8) is 0 Å².